The zero-order chi connectivity index (χ0) is 22.6. The molecule has 0 aliphatic heterocycles. The summed E-state index contributed by atoms with van der Waals surface area (Å²) in [5, 5.41) is 4.09. The molecule has 5 aromatic heterocycles. The molecule has 0 amide bonds. The van der Waals surface area contributed by atoms with Crippen LogP contribution >= 0.6 is 34.0 Å². The molecule has 0 N–H and O–H groups in total. The Morgan fingerprint density at radius 1 is 0.600 bits per heavy atom. The van der Waals surface area contributed by atoms with Crippen LogP contribution in [0.1, 0.15) is 39.5 Å². The van der Waals surface area contributed by atoms with E-state index in [4.69, 9.17) is 0 Å². The van der Waals surface area contributed by atoms with E-state index in [1.807, 2.05) is 22.1 Å². The summed E-state index contributed by atoms with van der Waals surface area (Å²) < 4.78 is 5.00. The molecular formula is C28H28Li2N2S3. The Morgan fingerprint density at radius 2 is 1.00 bits per heavy atom. The zero-order valence-corrected chi connectivity index (χ0v) is 23.6. The van der Waals surface area contributed by atoms with Crippen molar-refractivity contribution in [2.45, 2.75) is 52.6 Å². The van der Waals surface area contributed by atoms with Crippen LogP contribution in [-0.4, -0.2) is 9.13 Å². The molecule has 0 aliphatic carbocycles. The van der Waals surface area contributed by atoms with Crippen molar-refractivity contribution in [2.75, 3.05) is 0 Å². The number of unbranched alkanes of at least 4 members (excludes halogenated alkanes) is 2. The fourth-order valence-corrected chi connectivity index (χ4v) is 6.75. The number of hydrogen-bond donors (Lipinski definition) is 0. The summed E-state index contributed by atoms with van der Waals surface area (Å²) >= 11 is 5.44. The first-order valence-corrected chi connectivity index (χ1v) is 14.3. The van der Waals surface area contributed by atoms with Gasteiger partial charge in [-0.05, 0) is 48.5 Å². The Kier molecular flexibility index (Phi) is 10.9. The molecule has 35 heavy (non-hydrogen) atoms. The molecule has 0 fully saturated rings. The van der Waals surface area contributed by atoms with Gasteiger partial charge in [-0.25, -0.2) is 24.3 Å². The number of rotatable bonds is 10. The van der Waals surface area contributed by atoms with E-state index in [0.717, 1.165) is 13.1 Å². The maximum absolute atomic E-state index is 3.23. The standard InChI is InChI=1S/C28H28N2S3.2Li/c1-3-5-17-29-21(25-9-7-19-31-25)11-13-23(29)27-15-16-28(33-27)24-14-12-22(26-10-8-20-32-26)30(24)18-6-4-2;;/h9-16,19-20H,3-6,17-18H2,1-2H3;;/q-2;2*+1. The zero-order valence-electron chi connectivity index (χ0n) is 21.1. The average Bonchev–Trinajstić information content (AvgIpc) is 3.65. The summed E-state index contributed by atoms with van der Waals surface area (Å²) in [7, 11) is 0. The minimum atomic E-state index is 0. The normalized spacial score (nSPS) is 10.8. The monoisotopic (exact) mass is 502 g/mol. The van der Waals surface area contributed by atoms with E-state index in [2.05, 4.69) is 83.6 Å². The second-order valence-corrected chi connectivity index (χ2v) is 11.1. The Morgan fingerprint density at radius 3 is 1.34 bits per heavy atom. The van der Waals surface area contributed by atoms with E-state index in [1.165, 1.54) is 68.0 Å². The van der Waals surface area contributed by atoms with E-state index >= 15 is 0 Å². The molecule has 0 saturated carbocycles. The van der Waals surface area contributed by atoms with Crippen LogP contribution in [0.2, 0.25) is 0 Å². The van der Waals surface area contributed by atoms with Crippen LogP contribution in [0, 0.1) is 12.1 Å². The van der Waals surface area contributed by atoms with Crippen molar-refractivity contribution in [3.8, 4) is 42.3 Å². The Balaban J connectivity index is 0.00000171. The maximum atomic E-state index is 3.23. The minimum Gasteiger partial charge on any atom is -0.356 e. The van der Waals surface area contributed by atoms with Gasteiger partial charge in [0.25, 0.3) is 0 Å². The molecule has 0 unspecified atom stereocenters. The predicted molar refractivity (Wildman–Crippen MR) is 145 cm³/mol. The van der Waals surface area contributed by atoms with Gasteiger partial charge >= 0.3 is 37.7 Å². The van der Waals surface area contributed by atoms with Crippen LogP contribution in [0.5, 0.6) is 0 Å². The van der Waals surface area contributed by atoms with Crippen molar-refractivity contribution in [3.05, 3.63) is 71.4 Å². The van der Waals surface area contributed by atoms with Crippen molar-refractivity contribution in [2.24, 2.45) is 0 Å². The molecular weight excluding hydrogens is 474 g/mol. The van der Waals surface area contributed by atoms with Crippen molar-refractivity contribution < 1.29 is 37.7 Å². The predicted octanol–water partition coefficient (Wildman–Crippen LogP) is 3.35. The van der Waals surface area contributed by atoms with Gasteiger partial charge in [-0.15, -0.1) is 31.9 Å². The largest absolute Gasteiger partial charge is 1.00 e. The summed E-state index contributed by atoms with van der Waals surface area (Å²) in [6.45, 7) is 6.62. The van der Waals surface area contributed by atoms with E-state index in [0.29, 0.717) is 0 Å². The van der Waals surface area contributed by atoms with E-state index in [9.17, 15) is 0 Å². The third-order valence-electron chi connectivity index (χ3n) is 5.98. The first-order chi connectivity index (χ1) is 16.3. The van der Waals surface area contributed by atoms with Gasteiger partial charge in [0.05, 0.1) is 21.1 Å². The maximum Gasteiger partial charge on any atom is 1.00 e. The molecule has 0 aromatic carbocycles. The van der Waals surface area contributed by atoms with Gasteiger partial charge in [0.1, 0.15) is 0 Å². The van der Waals surface area contributed by atoms with Crippen LogP contribution in [-0.2, 0) is 13.1 Å². The summed E-state index contributed by atoms with van der Waals surface area (Å²) in [5.74, 6) is 0. The number of hydrogen-bond acceptors (Lipinski definition) is 3. The molecule has 0 atom stereocenters. The molecule has 7 heteroatoms. The first-order valence-electron chi connectivity index (χ1n) is 11.7. The second-order valence-electron chi connectivity index (χ2n) is 8.20. The van der Waals surface area contributed by atoms with Gasteiger partial charge in [0.2, 0.25) is 0 Å². The summed E-state index contributed by atoms with van der Waals surface area (Å²) in [6.07, 6.45) is 4.75. The number of nitrogens with zero attached hydrogens (tertiary/aromatic N) is 2. The molecule has 0 bridgehead atoms. The third kappa shape index (κ3) is 6.06. The molecule has 5 rings (SSSR count). The molecule has 0 aliphatic rings. The smallest absolute Gasteiger partial charge is 0.356 e. The number of aromatic nitrogens is 2. The van der Waals surface area contributed by atoms with Crippen molar-refractivity contribution >= 4 is 34.0 Å². The Hall–Kier alpha value is -1.15. The number of thiophene rings is 3. The van der Waals surface area contributed by atoms with Gasteiger partial charge in [-0.2, -0.15) is 0 Å². The van der Waals surface area contributed by atoms with Gasteiger partial charge in [0, 0.05) is 13.1 Å². The second kappa shape index (κ2) is 13.4. The van der Waals surface area contributed by atoms with Crippen molar-refractivity contribution in [1.29, 1.82) is 0 Å². The minimum absolute atomic E-state index is 0. The third-order valence-corrected chi connectivity index (χ3v) is 8.78. The molecule has 170 valence electrons. The van der Waals surface area contributed by atoms with Crippen LogP contribution in [0.4, 0.5) is 0 Å². The quantitative estimate of drug-likeness (QED) is 0.205. The van der Waals surface area contributed by atoms with Crippen LogP contribution < -0.4 is 37.7 Å². The SMILES string of the molecule is CCCCn1c(-c2c[c-]cs2)ccc1-c1ccc(-c2ccc(-c3c[c-]cs3)n2CCCC)s1.[Li+].[Li+]. The molecule has 0 radical (unpaired) electrons. The van der Waals surface area contributed by atoms with E-state index < -0.39 is 0 Å². The average molecular weight is 503 g/mol. The van der Waals surface area contributed by atoms with Crippen LogP contribution in [0.3, 0.4) is 0 Å². The summed E-state index contributed by atoms with van der Waals surface area (Å²) in [4.78, 5) is 5.25. The van der Waals surface area contributed by atoms with Gasteiger partial charge < -0.3 is 9.13 Å². The van der Waals surface area contributed by atoms with E-state index in [1.54, 1.807) is 22.7 Å². The van der Waals surface area contributed by atoms with Gasteiger partial charge in [-0.3, -0.25) is 22.7 Å². The fraction of sp³-hybridized carbons (Fsp3) is 0.286. The Labute approximate surface area is 245 Å². The molecule has 0 spiro atoms. The molecule has 0 saturated heterocycles. The fourth-order valence-electron chi connectivity index (χ4n) is 4.27. The molecule has 5 heterocycles. The topological polar surface area (TPSA) is 9.86 Å². The molecule has 5 aromatic rings. The van der Waals surface area contributed by atoms with Gasteiger partial charge in [-0.1, -0.05) is 38.8 Å². The first kappa shape index (κ1) is 28.4. The van der Waals surface area contributed by atoms with Crippen molar-refractivity contribution in [1.82, 2.24) is 9.13 Å². The van der Waals surface area contributed by atoms with Crippen LogP contribution in [0.15, 0.2) is 59.3 Å². The van der Waals surface area contributed by atoms with E-state index in [-0.39, 0.29) is 37.7 Å². The van der Waals surface area contributed by atoms with Crippen LogP contribution in [0.25, 0.3) is 42.3 Å². The summed E-state index contributed by atoms with van der Waals surface area (Å²) in [6, 6.07) is 24.4. The van der Waals surface area contributed by atoms with Gasteiger partial charge in [0.15, 0.2) is 0 Å². The Bertz CT molecular complexity index is 1200. The molecule has 2 nitrogen and oxygen atoms in total. The summed E-state index contributed by atoms with van der Waals surface area (Å²) in [5.41, 5.74) is 5.26. The van der Waals surface area contributed by atoms with Crippen molar-refractivity contribution in [3.63, 3.8) is 0 Å².